The monoisotopic (exact) mass is 280 g/mol. The Kier molecular flexibility index (Phi) is 3.96. The van der Waals surface area contributed by atoms with Crippen molar-refractivity contribution in [2.45, 2.75) is 51.1 Å². The summed E-state index contributed by atoms with van der Waals surface area (Å²) in [5, 5.41) is 3.43. The van der Waals surface area contributed by atoms with E-state index in [1.165, 1.54) is 6.42 Å². The zero-order valence-electron chi connectivity index (χ0n) is 12.1. The lowest BCUT2D eigenvalue weighted by molar-refractivity contribution is -0.166. The summed E-state index contributed by atoms with van der Waals surface area (Å²) >= 11 is 0. The third kappa shape index (κ3) is 2.22. The standard InChI is InChI=1S/C15H24N2O3/c1-2-20-15(19)12-13-10(6-5-8-16-13)11-7-3-4-9-17(11)14(12)18/h10-13,16H,2-9H2,1H3/t10-,11-,12-,13+/m1/s1. The van der Waals surface area contributed by atoms with Crippen molar-refractivity contribution in [3.05, 3.63) is 0 Å². The molecule has 1 N–H and O–H groups in total. The van der Waals surface area contributed by atoms with Gasteiger partial charge in [0, 0.05) is 18.6 Å². The van der Waals surface area contributed by atoms with Gasteiger partial charge in [-0.25, -0.2) is 0 Å². The summed E-state index contributed by atoms with van der Waals surface area (Å²) < 4.78 is 5.15. The molecule has 3 aliphatic heterocycles. The van der Waals surface area contributed by atoms with Crippen LogP contribution in [0.1, 0.15) is 39.0 Å². The quantitative estimate of drug-likeness (QED) is 0.604. The average Bonchev–Trinajstić information content (AvgIpc) is 2.48. The van der Waals surface area contributed by atoms with Crippen LogP contribution < -0.4 is 5.32 Å². The predicted molar refractivity (Wildman–Crippen MR) is 74.0 cm³/mol. The summed E-state index contributed by atoms with van der Waals surface area (Å²) in [5.41, 5.74) is 0. The normalized spacial score (nSPS) is 37.0. The number of carbonyl (C=O) groups is 2. The zero-order chi connectivity index (χ0) is 14.1. The van der Waals surface area contributed by atoms with Crippen molar-refractivity contribution in [3.63, 3.8) is 0 Å². The molecule has 0 saturated carbocycles. The predicted octanol–water partition coefficient (Wildman–Crippen LogP) is 0.929. The van der Waals surface area contributed by atoms with Crippen LogP contribution in [-0.4, -0.2) is 48.6 Å². The van der Waals surface area contributed by atoms with Gasteiger partial charge < -0.3 is 15.0 Å². The van der Waals surface area contributed by atoms with E-state index in [9.17, 15) is 9.59 Å². The van der Waals surface area contributed by atoms with E-state index in [2.05, 4.69) is 5.32 Å². The Hall–Kier alpha value is -1.10. The van der Waals surface area contributed by atoms with Crippen LogP contribution in [0.15, 0.2) is 0 Å². The second-order valence-corrected chi connectivity index (χ2v) is 6.11. The largest absolute Gasteiger partial charge is 0.465 e. The summed E-state index contributed by atoms with van der Waals surface area (Å²) in [6.07, 6.45) is 5.59. The van der Waals surface area contributed by atoms with Gasteiger partial charge in [-0.05, 0) is 51.5 Å². The highest BCUT2D eigenvalue weighted by Gasteiger charge is 2.52. The molecule has 0 radical (unpaired) electrons. The molecule has 0 spiro atoms. The van der Waals surface area contributed by atoms with Crippen molar-refractivity contribution >= 4 is 11.9 Å². The molecule has 3 saturated heterocycles. The fourth-order valence-electron chi connectivity index (χ4n) is 4.22. The highest BCUT2D eigenvalue weighted by Crippen LogP contribution is 2.39. The maximum absolute atomic E-state index is 12.7. The summed E-state index contributed by atoms with van der Waals surface area (Å²) in [4.78, 5) is 26.9. The molecule has 0 aliphatic carbocycles. The molecule has 3 rings (SSSR count). The number of esters is 1. The Morgan fingerprint density at radius 2 is 2.20 bits per heavy atom. The zero-order valence-corrected chi connectivity index (χ0v) is 12.1. The molecule has 20 heavy (non-hydrogen) atoms. The first-order valence-corrected chi connectivity index (χ1v) is 7.94. The van der Waals surface area contributed by atoms with Gasteiger partial charge in [0.2, 0.25) is 5.91 Å². The minimum Gasteiger partial charge on any atom is -0.465 e. The lowest BCUT2D eigenvalue weighted by atomic mass is 9.71. The van der Waals surface area contributed by atoms with Gasteiger partial charge in [0.15, 0.2) is 5.92 Å². The van der Waals surface area contributed by atoms with Crippen molar-refractivity contribution in [1.82, 2.24) is 10.2 Å². The topological polar surface area (TPSA) is 58.6 Å². The number of piperidine rings is 3. The van der Waals surface area contributed by atoms with E-state index in [4.69, 9.17) is 4.74 Å². The van der Waals surface area contributed by atoms with Gasteiger partial charge in [0.25, 0.3) is 0 Å². The van der Waals surface area contributed by atoms with Crippen LogP contribution in [0.5, 0.6) is 0 Å². The first-order chi connectivity index (χ1) is 9.74. The van der Waals surface area contributed by atoms with Crippen LogP contribution in [0.3, 0.4) is 0 Å². The highest BCUT2D eigenvalue weighted by molar-refractivity contribution is 5.99. The van der Waals surface area contributed by atoms with Crippen LogP contribution in [0.25, 0.3) is 0 Å². The molecule has 0 bridgehead atoms. The Balaban J connectivity index is 1.88. The Morgan fingerprint density at radius 1 is 1.35 bits per heavy atom. The van der Waals surface area contributed by atoms with Gasteiger partial charge in [-0.2, -0.15) is 0 Å². The summed E-state index contributed by atoms with van der Waals surface area (Å²) in [6.45, 7) is 3.84. The number of ether oxygens (including phenoxy) is 1. The summed E-state index contributed by atoms with van der Waals surface area (Å²) in [7, 11) is 0. The molecule has 112 valence electrons. The molecule has 0 aromatic rings. The van der Waals surface area contributed by atoms with Gasteiger partial charge in [-0.1, -0.05) is 0 Å². The molecule has 3 fully saturated rings. The lowest BCUT2D eigenvalue weighted by Crippen LogP contribution is -2.67. The van der Waals surface area contributed by atoms with Crippen molar-refractivity contribution < 1.29 is 14.3 Å². The Morgan fingerprint density at radius 3 is 3.00 bits per heavy atom. The van der Waals surface area contributed by atoms with Gasteiger partial charge in [0.1, 0.15) is 0 Å². The van der Waals surface area contributed by atoms with E-state index >= 15 is 0 Å². The van der Waals surface area contributed by atoms with E-state index in [1.54, 1.807) is 6.92 Å². The number of hydrogen-bond acceptors (Lipinski definition) is 4. The fraction of sp³-hybridized carbons (Fsp3) is 0.867. The molecule has 5 nitrogen and oxygen atoms in total. The maximum Gasteiger partial charge on any atom is 0.320 e. The second kappa shape index (κ2) is 5.72. The number of rotatable bonds is 2. The van der Waals surface area contributed by atoms with Crippen LogP contribution >= 0.6 is 0 Å². The van der Waals surface area contributed by atoms with E-state index in [-0.39, 0.29) is 17.9 Å². The molecule has 4 atom stereocenters. The number of carbonyl (C=O) groups excluding carboxylic acids is 2. The molecule has 0 aromatic heterocycles. The third-order valence-electron chi connectivity index (χ3n) is 5.05. The molecule has 0 unspecified atom stereocenters. The van der Waals surface area contributed by atoms with E-state index in [0.29, 0.717) is 18.6 Å². The van der Waals surface area contributed by atoms with Crippen molar-refractivity contribution in [2.24, 2.45) is 11.8 Å². The highest BCUT2D eigenvalue weighted by atomic mass is 16.5. The molecule has 0 aromatic carbocycles. The molecular weight excluding hydrogens is 256 g/mol. The number of amides is 1. The maximum atomic E-state index is 12.7. The molecular formula is C15H24N2O3. The van der Waals surface area contributed by atoms with Gasteiger partial charge in [0.05, 0.1) is 6.61 Å². The number of fused-ring (bicyclic) bond motifs is 3. The fourth-order valence-corrected chi connectivity index (χ4v) is 4.22. The average molecular weight is 280 g/mol. The van der Waals surface area contributed by atoms with Gasteiger partial charge >= 0.3 is 5.97 Å². The van der Waals surface area contributed by atoms with Crippen molar-refractivity contribution in [2.75, 3.05) is 19.7 Å². The summed E-state index contributed by atoms with van der Waals surface area (Å²) in [5.74, 6) is -0.569. The van der Waals surface area contributed by atoms with Crippen LogP contribution in [-0.2, 0) is 14.3 Å². The van der Waals surface area contributed by atoms with E-state index in [1.807, 2.05) is 4.90 Å². The van der Waals surface area contributed by atoms with Gasteiger partial charge in [-0.15, -0.1) is 0 Å². The van der Waals surface area contributed by atoms with Crippen LogP contribution in [0.2, 0.25) is 0 Å². The van der Waals surface area contributed by atoms with E-state index < -0.39 is 5.92 Å². The van der Waals surface area contributed by atoms with Gasteiger partial charge in [-0.3, -0.25) is 9.59 Å². The molecule has 3 heterocycles. The third-order valence-corrected chi connectivity index (χ3v) is 5.05. The number of hydrogen-bond donors (Lipinski definition) is 1. The first-order valence-electron chi connectivity index (χ1n) is 7.94. The number of nitrogens with zero attached hydrogens (tertiary/aromatic N) is 1. The Labute approximate surface area is 120 Å². The molecule has 5 heteroatoms. The van der Waals surface area contributed by atoms with Crippen LogP contribution in [0, 0.1) is 11.8 Å². The molecule has 1 amide bonds. The van der Waals surface area contributed by atoms with Crippen molar-refractivity contribution in [1.29, 1.82) is 0 Å². The number of nitrogens with one attached hydrogen (secondary N) is 1. The minimum atomic E-state index is -0.630. The van der Waals surface area contributed by atoms with Crippen molar-refractivity contribution in [3.8, 4) is 0 Å². The minimum absolute atomic E-state index is 0.0104. The van der Waals surface area contributed by atoms with Crippen LogP contribution in [0.4, 0.5) is 0 Å². The smallest absolute Gasteiger partial charge is 0.320 e. The Bertz CT molecular complexity index is 399. The first kappa shape index (κ1) is 13.9. The van der Waals surface area contributed by atoms with E-state index in [0.717, 1.165) is 38.8 Å². The second-order valence-electron chi connectivity index (χ2n) is 6.11. The lowest BCUT2D eigenvalue weighted by Gasteiger charge is -2.52. The molecule has 3 aliphatic rings. The summed E-state index contributed by atoms with van der Waals surface area (Å²) in [6, 6.07) is 0.314. The SMILES string of the molecule is CCOC(=O)[C@H]1C(=O)N2CCCC[C@@H]2[C@H]2CCCN[C@H]12.